The molecule has 2 heterocycles. The summed E-state index contributed by atoms with van der Waals surface area (Å²) in [6, 6.07) is 9.79. The Morgan fingerprint density at radius 2 is 2.00 bits per heavy atom. The fourth-order valence-corrected chi connectivity index (χ4v) is 2.23. The quantitative estimate of drug-likeness (QED) is 0.522. The largest absolute Gasteiger partial charge is 0.444 e. The van der Waals surface area contributed by atoms with Crippen molar-refractivity contribution in [1.82, 2.24) is 25.8 Å². The maximum Gasteiger partial charge on any atom is 0.228 e. The monoisotopic (exact) mass is 340 g/mol. The van der Waals surface area contributed by atoms with Gasteiger partial charge in [-0.2, -0.15) is 4.98 Å². The summed E-state index contributed by atoms with van der Waals surface area (Å²) < 4.78 is 10.6. The summed E-state index contributed by atoms with van der Waals surface area (Å²) in [6.07, 6.45) is 2.27. The summed E-state index contributed by atoms with van der Waals surface area (Å²) in [7, 11) is 1.71. The van der Waals surface area contributed by atoms with Crippen LogP contribution in [-0.4, -0.2) is 34.7 Å². The molecule has 3 rings (SSSR count). The van der Waals surface area contributed by atoms with E-state index in [0.29, 0.717) is 43.1 Å². The lowest BCUT2D eigenvalue weighted by Gasteiger charge is -2.09. The molecule has 0 fully saturated rings. The van der Waals surface area contributed by atoms with Crippen LogP contribution in [0.25, 0.3) is 11.5 Å². The van der Waals surface area contributed by atoms with Gasteiger partial charge in [0.25, 0.3) is 0 Å². The summed E-state index contributed by atoms with van der Waals surface area (Å²) >= 11 is 0. The zero-order valence-corrected chi connectivity index (χ0v) is 14.2. The van der Waals surface area contributed by atoms with Crippen LogP contribution >= 0.6 is 0 Å². The first-order chi connectivity index (χ1) is 12.2. The number of hydrogen-bond acceptors (Lipinski definition) is 6. The van der Waals surface area contributed by atoms with Crippen molar-refractivity contribution < 1.29 is 8.94 Å². The third-order valence-corrected chi connectivity index (χ3v) is 3.43. The van der Waals surface area contributed by atoms with Crippen LogP contribution in [0.2, 0.25) is 0 Å². The van der Waals surface area contributed by atoms with Crippen LogP contribution < -0.4 is 10.6 Å². The molecule has 0 aliphatic heterocycles. The van der Waals surface area contributed by atoms with Crippen LogP contribution in [0.4, 0.5) is 0 Å². The third-order valence-electron chi connectivity index (χ3n) is 3.43. The number of oxazole rings is 1. The Hall–Kier alpha value is -3.16. The van der Waals surface area contributed by atoms with E-state index >= 15 is 0 Å². The zero-order valence-electron chi connectivity index (χ0n) is 14.2. The Balaban J connectivity index is 1.47. The number of nitrogens with zero attached hydrogens (tertiary/aromatic N) is 4. The molecule has 0 bridgehead atoms. The molecule has 0 spiro atoms. The van der Waals surface area contributed by atoms with E-state index < -0.39 is 0 Å². The fraction of sp³-hybridized carbons (Fsp3) is 0.294. The molecule has 8 heteroatoms. The molecule has 0 saturated heterocycles. The molecule has 0 radical (unpaired) electrons. The zero-order chi connectivity index (χ0) is 17.5. The smallest absolute Gasteiger partial charge is 0.228 e. The van der Waals surface area contributed by atoms with Gasteiger partial charge in [-0.15, -0.1) is 0 Å². The number of rotatable bonds is 6. The molecule has 25 heavy (non-hydrogen) atoms. The number of hydrogen-bond donors (Lipinski definition) is 2. The molecular weight excluding hydrogens is 320 g/mol. The first kappa shape index (κ1) is 16.7. The Bertz CT molecular complexity index is 825. The van der Waals surface area contributed by atoms with Gasteiger partial charge in [0.2, 0.25) is 11.8 Å². The van der Waals surface area contributed by atoms with E-state index in [2.05, 4.69) is 30.8 Å². The van der Waals surface area contributed by atoms with Crippen LogP contribution in [0.3, 0.4) is 0 Å². The van der Waals surface area contributed by atoms with E-state index in [9.17, 15) is 0 Å². The minimum Gasteiger partial charge on any atom is -0.444 e. The van der Waals surface area contributed by atoms with Gasteiger partial charge in [0.15, 0.2) is 11.8 Å². The number of guanidine groups is 1. The summed E-state index contributed by atoms with van der Waals surface area (Å²) in [5.41, 5.74) is 1.75. The van der Waals surface area contributed by atoms with Crippen molar-refractivity contribution in [1.29, 1.82) is 0 Å². The Kier molecular flexibility index (Phi) is 5.40. The van der Waals surface area contributed by atoms with Crippen molar-refractivity contribution in [3.63, 3.8) is 0 Å². The van der Waals surface area contributed by atoms with Crippen LogP contribution in [0.15, 0.2) is 50.5 Å². The highest BCUT2D eigenvalue weighted by molar-refractivity contribution is 5.79. The standard InChI is InChI=1S/C17H20N6O2/c1-12-21-15(25-23-12)8-9-19-17(18-2)20-10-14-11-24-16(22-14)13-6-4-3-5-7-13/h3-7,11H,8-10H2,1-2H3,(H2,18,19,20). The highest BCUT2D eigenvalue weighted by Crippen LogP contribution is 2.17. The predicted octanol–water partition coefficient (Wildman–Crippen LogP) is 1.94. The third kappa shape index (κ3) is 4.66. The molecule has 1 aromatic carbocycles. The van der Waals surface area contributed by atoms with Gasteiger partial charge in [-0.1, -0.05) is 23.4 Å². The van der Waals surface area contributed by atoms with Gasteiger partial charge in [-0.25, -0.2) is 4.98 Å². The van der Waals surface area contributed by atoms with E-state index in [0.717, 1.165) is 11.3 Å². The second-order valence-corrected chi connectivity index (χ2v) is 5.35. The summed E-state index contributed by atoms with van der Waals surface area (Å²) in [6.45, 7) is 2.94. The molecule has 0 aliphatic carbocycles. The lowest BCUT2D eigenvalue weighted by Crippen LogP contribution is -2.37. The van der Waals surface area contributed by atoms with Crippen molar-refractivity contribution in [2.45, 2.75) is 19.9 Å². The number of benzene rings is 1. The van der Waals surface area contributed by atoms with Crippen molar-refractivity contribution in [2.75, 3.05) is 13.6 Å². The summed E-state index contributed by atoms with van der Waals surface area (Å²) in [4.78, 5) is 12.8. The average Bonchev–Trinajstić information content (AvgIpc) is 3.28. The van der Waals surface area contributed by atoms with E-state index in [1.54, 1.807) is 20.2 Å². The number of aromatic nitrogens is 3. The van der Waals surface area contributed by atoms with E-state index in [1.807, 2.05) is 30.3 Å². The highest BCUT2D eigenvalue weighted by atomic mass is 16.5. The first-order valence-electron chi connectivity index (χ1n) is 7.98. The lowest BCUT2D eigenvalue weighted by atomic mass is 10.2. The molecule has 0 saturated carbocycles. The van der Waals surface area contributed by atoms with Gasteiger partial charge in [0.1, 0.15) is 6.26 Å². The topological polar surface area (TPSA) is 101 Å². The van der Waals surface area contributed by atoms with Crippen LogP contribution in [0.5, 0.6) is 0 Å². The molecule has 0 atom stereocenters. The maximum atomic E-state index is 5.52. The van der Waals surface area contributed by atoms with Crippen molar-refractivity contribution in [2.24, 2.45) is 4.99 Å². The van der Waals surface area contributed by atoms with E-state index in [1.165, 1.54) is 0 Å². The van der Waals surface area contributed by atoms with E-state index in [-0.39, 0.29) is 0 Å². The molecule has 0 unspecified atom stereocenters. The minimum atomic E-state index is 0.510. The first-order valence-corrected chi connectivity index (χ1v) is 7.98. The van der Waals surface area contributed by atoms with Gasteiger partial charge in [0, 0.05) is 25.6 Å². The van der Waals surface area contributed by atoms with E-state index in [4.69, 9.17) is 8.94 Å². The van der Waals surface area contributed by atoms with Gasteiger partial charge in [-0.05, 0) is 19.1 Å². The van der Waals surface area contributed by atoms with Crippen molar-refractivity contribution in [3.8, 4) is 11.5 Å². The Labute approximate surface area is 145 Å². The Morgan fingerprint density at radius 3 is 2.72 bits per heavy atom. The van der Waals surface area contributed by atoms with Crippen LogP contribution in [0.1, 0.15) is 17.4 Å². The molecular formula is C17H20N6O2. The molecule has 2 N–H and O–H groups in total. The van der Waals surface area contributed by atoms with Gasteiger partial charge >= 0.3 is 0 Å². The lowest BCUT2D eigenvalue weighted by molar-refractivity contribution is 0.374. The molecule has 130 valence electrons. The average molecular weight is 340 g/mol. The molecule has 0 amide bonds. The predicted molar refractivity (Wildman–Crippen MR) is 92.9 cm³/mol. The molecule has 2 aromatic heterocycles. The normalized spacial score (nSPS) is 11.5. The maximum absolute atomic E-state index is 5.52. The van der Waals surface area contributed by atoms with Crippen molar-refractivity contribution in [3.05, 3.63) is 54.0 Å². The minimum absolute atomic E-state index is 0.510. The van der Waals surface area contributed by atoms with Gasteiger partial charge in [-0.3, -0.25) is 4.99 Å². The van der Waals surface area contributed by atoms with Crippen molar-refractivity contribution >= 4 is 5.96 Å². The van der Waals surface area contributed by atoms with Gasteiger partial charge in [0.05, 0.1) is 12.2 Å². The Morgan fingerprint density at radius 1 is 1.16 bits per heavy atom. The number of nitrogens with one attached hydrogen (secondary N) is 2. The highest BCUT2D eigenvalue weighted by Gasteiger charge is 2.07. The second-order valence-electron chi connectivity index (χ2n) is 5.35. The molecule has 8 nitrogen and oxygen atoms in total. The molecule has 3 aromatic rings. The van der Waals surface area contributed by atoms with Crippen LogP contribution in [-0.2, 0) is 13.0 Å². The number of aryl methyl sites for hydroxylation is 1. The molecule has 0 aliphatic rings. The van der Waals surface area contributed by atoms with Gasteiger partial charge < -0.3 is 19.6 Å². The SMILES string of the molecule is CN=C(NCCc1nc(C)no1)NCc1coc(-c2ccccc2)n1. The summed E-state index contributed by atoms with van der Waals surface area (Å²) in [5, 5.41) is 10.1. The van der Waals surface area contributed by atoms with Crippen LogP contribution in [0, 0.1) is 6.92 Å². The summed E-state index contributed by atoms with van der Waals surface area (Å²) in [5.74, 6) is 2.51. The fourth-order valence-electron chi connectivity index (χ4n) is 2.23. The number of aliphatic imine (C=N–C) groups is 1. The second kappa shape index (κ2) is 8.09.